The van der Waals surface area contributed by atoms with Crippen molar-refractivity contribution >= 4 is 35.9 Å². The molecule has 4 heteroatoms. The minimum absolute atomic E-state index is 0. The topological polar surface area (TPSA) is 17.1 Å². The fraction of sp³-hybridized carbons (Fsp3) is 0.684. The first-order valence-corrected chi connectivity index (χ1v) is 11.9. The summed E-state index contributed by atoms with van der Waals surface area (Å²) in [5.41, 5.74) is 1.59. The van der Waals surface area contributed by atoms with E-state index in [1.807, 2.05) is 0 Å². The molecule has 1 nitrogen and oxygen atoms in total. The van der Waals surface area contributed by atoms with Gasteiger partial charge >= 0.3 is 20.0 Å². The van der Waals surface area contributed by atoms with E-state index >= 15 is 0 Å². The third-order valence-corrected chi connectivity index (χ3v) is 9.15. The standard InChI is InChI=1S/C19H34P.Al.ClH.O/c1-4-7-15-20(16-8-5-2,17-9-6-3)18-19-13-11-10-12-14-19;;;/h10-14H,4-9,15-18H2,1-3H3;;1H;/q+1;;;. The molecule has 0 unspecified atom stereocenters. The van der Waals surface area contributed by atoms with E-state index in [0.717, 1.165) is 0 Å². The quantitative estimate of drug-likeness (QED) is 0.319. The number of benzene rings is 1. The normalized spacial score (nSPS) is 10.3. The molecule has 23 heavy (non-hydrogen) atoms. The molecule has 1 radical (unpaired) electrons. The second-order valence-electron chi connectivity index (χ2n) is 6.22. The molecular formula is C19H35AlClOP+. The molecule has 0 heterocycles. The minimum atomic E-state index is -0.768. The number of hydrogen-bond donors (Lipinski definition) is 0. The van der Waals surface area contributed by atoms with Crippen LogP contribution >= 0.6 is 19.7 Å². The molecule has 1 aromatic rings. The van der Waals surface area contributed by atoms with Gasteiger partial charge in [0, 0.05) is 7.26 Å². The van der Waals surface area contributed by atoms with Crippen LogP contribution in [0, 0.1) is 0 Å². The molecule has 0 bridgehead atoms. The van der Waals surface area contributed by atoms with Crippen LogP contribution in [0.25, 0.3) is 0 Å². The Labute approximate surface area is 159 Å². The first-order valence-electron chi connectivity index (χ1n) is 8.89. The van der Waals surface area contributed by atoms with E-state index in [-0.39, 0.29) is 12.4 Å². The number of hydrogen-bond acceptors (Lipinski definition) is 1. The molecule has 0 amide bonds. The maximum absolute atomic E-state index is 8.17. The molecule has 1 rings (SSSR count). The zero-order valence-corrected chi connectivity index (χ0v) is 18.2. The van der Waals surface area contributed by atoms with Gasteiger partial charge < -0.3 is 0 Å². The number of halogens is 1. The van der Waals surface area contributed by atoms with Gasteiger partial charge in [0.2, 0.25) is 0 Å². The van der Waals surface area contributed by atoms with Crippen molar-refractivity contribution in [3.8, 4) is 0 Å². The van der Waals surface area contributed by atoms with Crippen LogP contribution in [0.5, 0.6) is 0 Å². The molecule has 0 N–H and O–H groups in total. The Kier molecular flexibility index (Phi) is 19.0. The van der Waals surface area contributed by atoms with E-state index in [4.69, 9.17) is 3.80 Å². The molecule has 0 aliphatic rings. The van der Waals surface area contributed by atoms with Crippen LogP contribution in [-0.2, 0) is 9.97 Å². The van der Waals surface area contributed by atoms with Gasteiger partial charge in [-0.2, -0.15) is 0 Å². The van der Waals surface area contributed by atoms with Crippen molar-refractivity contribution in [2.75, 3.05) is 18.5 Å². The summed E-state index contributed by atoms with van der Waals surface area (Å²) in [4.78, 5) is 0. The molecule has 0 fully saturated rings. The first-order chi connectivity index (χ1) is 10.8. The summed E-state index contributed by atoms with van der Waals surface area (Å²) in [6, 6.07) is 11.3. The Bertz CT molecular complexity index is 340. The number of rotatable bonds is 11. The van der Waals surface area contributed by atoms with Crippen molar-refractivity contribution in [2.24, 2.45) is 0 Å². The zero-order chi connectivity index (χ0) is 16.7. The van der Waals surface area contributed by atoms with Crippen molar-refractivity contribution < 1.29 is 3.80 Å². The Balaban J connectivity index is 0. The van der Waals surface area contributed by atoms with Gasteiger partial charge in [-0.25, -0.2) is 0 Å². The summed E-state index contributed by atoms with van der Waals surface area (Å²) >= 11 is 1.17. The summed E-state index contributed by atoms with van der Waals surface area (Å²) in [7, 11) is -0.768. The van der Waals surface area contributed by atoms with Crippen LogP contribution in [0.15, 0.2) is 30.3 Å². The molecular weight excluding hydrogens is 338 g/mol. The van der Waals surface area contributed by atoms with Crippen LogP contribution in [0.3, 0.4) is 0 Å². The Morgan fingerprint density at radius 1 is 0.783 bits per heavy atom. The Morgan fingerprint density at radius 2 is 1.17 bits per heavy atom. The maximum atomic E-state index is 8.17. The van der Waals surface area contributed by atoms with Crippen molar-refractivity contribution in [2.45, 2.75) is 65.5 Å². The first kappa shape index (κ1) is 25.5. The number of unbranched alkanes of at least 4 members (excludes halogenated alkanes) is 3. The molecule has 0 atom stereocenters. The van der Waals surface area contributed by atoms with E-state index in [1.165, 1.54) is 79.4 Å². The Hall–Kier alpha value is 0.272. The average molecular weight is 373 g/mol. The van der Waals surface area contributed by atoms with Gasteiger partial charge in [-0.1, -0.05) is 70.4 Å². The van der Waals surface area contributed by atoms with Gasteiger partial charge in [0.05, 0.1) is 24.6 Å². The third kappa shape index (κ3) is 11.5. The SMILES string of the molecule is CCCC[P+](CCCC)(CCCC)Cc1ccccc1.Cl.[O]=[Al]. The molecule has 0 aromatic heterocycles. The molecule has 131 valence electrons. The zero-order valence-electron chi connectivity index (χ0n) is 15.3. The molecule has 0 aliphatic carbocycles. The van der Waals surface area contributed by atoms with Gasteiger partial charge in [0.25, 0.3) is 0 Å². The molecule has 1 aromatic carbocycles. The van der Waals surface area contributed by atoms with E-state index in [1.54, 1.807) is 5.56 Å². The summed E-state index contributed by atoms with van der Waals surface area (Å²) in [6.07, 6.45) is 14.4. The summed E-state index contributed by atoms with van der Waals surface area (Å²) in [5.74, 6) is 0. The third-order valence-electron chi connectivity index (χ3n) is 4.32. The van der Waals surface area contributed by atoms with E-state index in [2.05, 4.69) is 51.1 Å². The predicted octanol–water partition coefficient (Wildman–Crippen LogP) is 6.53. The van der Waals surface area contributed by atoms with E-state index in [0.29, 0.717) is 0 Å². The average Bonchev–Trinajstić information content (AvgIpc) is 2.59. The van der Waals surface area contributed by atoms with Crippen LogP contribution < -0.4 is 0 Å². The molecule has 0 saturated heterocycles. The van der Waals surface area contributed by atoms with Crippen molar-refractivity contribution in [1.82, 2.24) is 0 Å². The summed E-state index contributed by atoms with van der Waals surface area (Å²) < 4.78 is 8.17. The van der Waals surface area contributed by atoms with Gasteiger partial charge in [-0.3, -0.25) is 0 Å². The van der Waals surface area contributed by atoms with Gasteiger partial charge in [-0.05, 0) is 24.8 Å². The van der Waals surface area contributed by atoms with Crippen LogP contribution in [0.1, 0.15) is 64.9 Å². The fourth-order valence-electron chi connectivity index (χ4n) is 3.02. The van der Waals surface area contributed by atoms with Crippen LogP contribution in [-0.4, -0.2) is 34.7 Å². The van der Waals surface area contributed by atoms with Gasteiger partial charge in [-0.15, -0.1) is 12.4 Å². The molecule has 0 aliphatic heterocycles. The van der Waals surface area contributed by atoms with Crippen LogP contribution in [0.4, 0.5) is 0 Å². The fourth-order valence-corrected chi connectivity index (χ4v) is 8.12. The van der Waals surface area contributed by atoms with E-state index < -0.39 is 7.26 Å². The predicted molar refractivity (Wildman–Crippen MR) is 110 cm³/mol. The summed E-state index contributed by atoms with van der Waals surface area (Å²) in [5, 5.41) is 0. The van der Waals surface area contributed by atoms with Gasteiger partial charge in [0.15, 0.2) is 0 Å². The van der Waals surface area contributed by atoms with E-state index in [9.17, 15) is 0 Å². The second kappa shape index (κ2) is 17.1. The molecule has 0 saturated carbocycles. The Morgan fingerprint density at radius 3 is 1.52 bits per heavy atom. The van der Waals surface area contributed by atoms with Crippen LogP contribution in [0.2, 0.25) is 0 Å². The second-order valence-corrected chi connectivity index (χ2v) is 10.6. The molecule has 0 spiro atoms. The van der Waals surface area contributed by atoms with Crippen molar-refractivity contribution in [1.29, 1.82) is 0 Å². The van der Waals surface area contributed by atoms with Crippen molar-refractivity contribution in [3.05, 3.63) is 35.9 Å². The monoisotopic (exact) mass is 372 g/mol. The van der Waals surface area contributed by atoms with Crippen molar-refractivity contribution in [3.63, 3.8) is 0 Å². The summed E-state index contributed by atoms with van der Waals surface area (Å²) in [6.45, 7) is 7.03. The van der Waals surface area contributed by atoms with Gasteiger partial charge in [0.1, 0.15) is 0 Å².